The second-order valence-corrected chi connectivity index (χ2v) is 6.49. The highest BCUT2D eigenvalue weighted by atomic mass is 31.2. The lowest BCUT2D eigenvalue weighted by Crippen LogP contribution is -2.28. The molecule has 25 heavy (non-hydrogen) atoms. The molecule has 10 nitrogen and oxygen atoms in total. The normalized spacial score (nSPS) is 15.6. The molecule has 0 saturated heterocycles. The molecule has 0 bridgehead atoms. The number of aliphatic hydroxyl groups excluding tert-OH is 2. The number of carbonyl (C=O) groups is 2. The Hall–Kier alpha value is -1.55. The molecule has 2 atom stereocenters. The van der Waals surface area contributed by atoms with Crippen LogP contribution >= 0.6 is 7.82 Å². The van der Waals surface area contributed by atoms with Gasteiger partial charge >= 0.3 is 19.8 Å². The molecule has 0 aromatic carbocycles. The van der Waals surface area contributed by atoms with Gasteiger partial charge in [0.2, 0.25) is 0 Å². The third-order valence-electron chi connectivity index (χ3n) is 2.50. The third-order valence-corrected chi connectivity index (χ3v) is 3.45. The molecule has 0 saturated carbocycles. The highest BCUT2D eigenvalue weighted by Gasteiger charge is 2.27. The van der Waals surface area contributed by atoms with Crippen molar-refractivity contribution in [2.45, 2.75) is 26.1 Å². The van der Waals surface area contributed by atoms with Crippen molar-refractivity contribution in [3.05, 3.63) is 24.3 Å². The van der Waals surface area contributed by atoms with E-state index in [0.29, 0.717) is 0 Å². The number of aliphatic hydroxyl groups is 2. The van der Waals surface area contributed by atoms with E-state index in [1.807, 2.05) is 0 Å². The molecule has 3 N–H and O–H groups in total. The van der Waals surface area contributed by atoms with Crippen molar-refractivity contribution in [2.24, 2.45) is 0 Å². The largest absolute Gasteiger partial charge is 0.472 e. The summed E-state index contributed by atoms with van der Waals surface area (Å²) in [5.41, 5.74) is 0.152. The molecule has 0 aliphatic heterocycles. The summed E-state index contributed by atoms with van der Waals surface area (Å²) in [4.78, 5) is 32.1. The Kier molecular flexibility index (Phi) is 10.4. The summed E-state index contributed by atoms with van der Waals surface area (Å²) in [6, 6.07) is 0. The van der Waals surface area contributed by atoms with E-state index in [-0.39, 0.29) is 11.1 Å². The van der Waals surface area contributed by atoms with Crippen LogP contribution in [-0.4, -0.2) is 65.7 Å². The maximum atomic E-state index is 11.7. The minimum Gasteiger partial charge on any atom is -0.454 e. The van der Waals surface area contributed by atoms with Gasteiger partial charge in [-0.25, -0.2) is 14.2 Å². The van der Waals surface area contributed by atoms with E-state index in [1.54, 1.807) is 0 Å². The van der Waals surface area contributed by atoms with Gasteiger partial charge in [0.1, 0.15) is 12.2 Å². The molecule has 0 aromatic rings. The highest BCUT2D eigenvalue weighted by molar-refractivity contribution is 7.47. The first kappa shape index (κ1) is 23.4. The summed E-state index contributed by atoms with van der Waals surface area (Å²) in [5.74, 6) is -1.60. The third kappa shape index (κ3) is 10.1. The molecule has 0 radical (unpaired) electrons. The number of carbonyl (C=O) groups excluding carboxylic acids is 2. The highest BCUT2D eigenvalue weighted by Crippen LogP contribution is 2.43. The zero-order valence-corrected chi connectivity index (χ0v) is 14.9. The lowest BCUT2D eigenvalue weighted by atomic mass is 10.3. The summed E-state index contributed by atoms with van der Waals surface area (Å²) in [6.07, 6.45) is -2.41. The van der Waals surface area contributed by atoms with Crippen molar-refractivity contribution in [1.82, 2.24) is 0 Å². The fourth-order valence-electron chi connectivity index (χ4n) is 1.14. The van der Waals surface area contributed by atoms with E-state index in [4.69, 9.17) is 19.7 Å². The first-order valence-corrected chi connectivity index (χ1v) is 8.58. The SMILES string of the molecule is C=C(C)C(=O)OC(CO)COP(=O)(O)OCC(CO)OC(=O)C(=C)C. The van der Waals surface area contributed by atoms with Crippen LogP contribution in [0.5, 0.6) is 0 Å². The number of hydrogen-bond donors (Lipinski definition) is 3. The Balaban J connectivity index is 4.48. The topological polar surface area (TPSA) is 149 Å². The van der Waals surface area contributed by atoms with E-state index in [9.17, 15) is 19.0 Å². The number of rotatable bonds is 12. The quantitative estimate of drug-likeness (QED) is 0.241. The number of phosphoric acid groups is 1. The number of esters is 2. The van der Waals surface area contributed by atoms with Crippen molar-refractivity contribution < 1.29 is 47.8 Å². The molecule has 0 rings (SSSR count). The van der Waals surface area contributed by atoms with Crippen LogP contribution in [0.1, 0.15) is 13.8 Å². The first-order valence-electron chi connectivity index (χ1n) is 7.09. The van der Waals surface area contributed by atoms with Crippen LogP contribution in [0.25, 0.3) is 0 Å². The van der Waals surface area contributed by atoms with Crippen molar-refractivity contribution in [1.29, 1.82) is 0 Å². The lowest BCUT2D eigenvalue weighted by Gasteiger charge is -2.20. The van der Waals surface area contributed by atoms with Crippen LogP contribution in [0.3, 0.4) is 0 Å². The predicted molar refractivity (Wildman–Crippen MR) is 85.3 cm³/mol. The minimum absolute atomic E-state index is 0.0759. The molecule has 0 aromatic heterocycles. The number of phosphoric ester groups is 1. The minimum atomic E-state index is -4.61. The second-order valence-electron chi connectivity index (χ2n) is 5.04. The number of ether oxygens (including phenoxy) is 2. The fourth-order valence-corrected chi connectivity index (χ4v) is 1.93. The van der Waals surface area contributed by atoms with Gasteiger partial charge in [-0.05, 0) is 13.8 Å². The standard InChI is InChI=1S/C14H23O10P/c1-9(2)13(17)23-11(5-15)7-21-25(19,20)22-8-12(6-16)24-14(18)10(3)4/h11-12,15-16H,1,3,5-8H2,2,4H3,(H,19,20). The van der Waals surface area contributed by atoms with Crippen molar-refractivity contribution in [2.75, 3.05) is 26.4 Å². The van der Waals surface area contributed by atoms with Crippen LogP contribution in [-0.2, 0) is 32.7 Å². The molecule has 0 amide bonds. The Labute approximate surface area is 145 Å². The van der Waals surface area contributed by atoms with E-state index in [0.717, 1.165) is 0 Å². The smallest absolute Gasteiger partial charge is 0.454 e. The van der Waals surface area contributed by atoms with Crippen molar-refractivity contribution in [3.63, 3.8) is 0 Å². The summed E-state index contributed by atoms with van der Waals surface area (Å²) >= 11 is 0. The van der Waals surface area contributed by atoms with Crippen LogP contribution < -0.4 is 0 Å². The molecule has 0 fully saturated rings. The molecular formula is C14H23O10P. The average molecular weight is 382 g/mol. The Morgan fingerprint density at radius 1 is 0.920 bits per heavy atom. The van der Waals surface area contributed by atoms with E-state index < -0.39 is 58.4 Å². The van der Waals surface area contributed by atoms with E-state index in [1.165, 1.54) is 13.8 Å². The van der Waals surface area contributed by atoms with Gasteiger partial charge in [-0.1, -0.05) is 13.2 Å². The van der Waals surface area contributed by atoms with Gasteiger partial charge in [-0.15, -0.1) is 0 Å². The first-order chi connectivity index (χ1) is 11.5. The fraction of sp³-hybridized carbons (Fsp3) is 0.571. The predicted octanol–water partition coefficient (Wildman–Crippen LogP) is 0.0804. The molecule has 11 heteroatoms. The second kappa shape index (κ2) is 11.1. The summed E-state index contributed by atoms with van der Waals surface area (Å²) < 4.78 is 30.4. The molecule has 0 aliphatic rings. The maximum absolute atomic E-state index is 11.7. The van der Waals surface area contributed by atoms with Gasteiger partial charge in [-0.3, -0.25) is 9.05 Å². The van der Waals surface area contributed by atoms with Crippen LogP contribution in [0.15, 0.2) is 24.3 Å². The molecule has 2 unspecified atom stereocenters. The Bertz CT molecular complexity index is 500. The van der Waals surface area contributed by atoms with Gasteiger partial charge < -0.3 is 24.6 Å². The summed E-state index contributed by atoms with van der Waals surface area (Å²) in [6.45, 7) is 6.90. The zero-order chi connectivity index (χ0) is 19.6. The van der Waals surface area contributed by atoms with E-state index >= 15 is 0 Å². The summed E-state index contributed by atoms with van der Waals surface area (Å²) in [7, 11) is -4.61. The molecule has 144 valence electrons. The van der Waals surface area contributed by atoms with Gasteiger partial charge in [-0.2, -0.15) is 0 Å². The van der Waals surface area contributed by atoms with Gasteiger partial charge in [0.25, 0.3) is 0 Å². The zero-order valence-electron chi connectivity index (χ0n) is 14.0. The molecular weight excluding hydrogens is 359 g/mol. The lowest BCUT2D eigenvalue weighted by molar-refractivity contribution is -0.148. The van der Waals surface area contributed by atoms with Crippen LogP contribution in [0.2, 0.25) is 0 Å². The van der Waals surface area contributed by atoms with Crippen LogP contribution in [0.4, 0.5) is 0 Å². The van der Waals surface area contributed by atoms with Crippen LogP contribution in [0, 0.1) is 0 Å². The average Bonchev–Trinajstić information content (AvgIpc) is 2.54. The number of hydrogen-bond acceptors (Lipinski definition) is 9. The van der Waals surface area contributed by atoms with Gasteiger partial charge in [0.15, 0.2) is 0 Å². The van der Waals surface area contributed by atoms with Crippen molar-refractivity contribution in [3.8, 4) is 0 Å². The monoisotopic (exact) mass is 382 g/mol. The molecule has 0 heterocycles. The summed E-state index contributed by atoms with van der Waals surface area (Å²) in [5, 5.41) is 18.1. The van der Waals surface area contributed by atoms with Crippen molar-refractivity contribution >= 4 is 19.8 Å². The van der Waals surface area contributed by atoms with Gasteiger partial charge in [0.05, 0.1) is 26.4 Å². The molecule has 0 spiro atoms. The van der Waals surface area contributed by atoms with Gasteiger partial charge in [0, 0.05) is 11.1 Å². The Morgan fingerprint density at radius 3 is 1.48 bits per heavy atom. The molecule has 0 aliphatic carbocycles. The Morgan fingerprint density at radius 2 is 1.24 bits per heavy atom. The van der Waals surface area contributed by atoms with E-state index in [2.05, 4.69) is 22.2 Å². The maximum Gasteiger partial charge on any atom is 0.472 e.